The minimum Gasteiger partial charge on any atom is -0.481 e. The molecule has 1 aliphatic carbocycles. The largest absolute Gasteiger partial charge is 0.481 e. The molecule has 0 amide bonds. The Morgan fingerprint density at radius 1 is 1.08 bits per heavy atom. The van der Waals surface area contributed by atoms with Crippen LogP contribution in [0, 0.1) is 11.8 Å². The zero-order valence-electron chi connectivity index (χ0n) is 15.8. The van der Waals surface area contributed by atoms with Crippen molar-refractivity contribution in [3.63, 3.8) is 0 Å². The number of hydrogen-bond acceptors (Lipinski definition) is 3. The normalized spacial score (nSPS) is 20.5. The highest BCUT2D eigenvalue weighted by Gasteiger charge is 2.39. The fourth-order valence-corrected chi connectivity index (χ4v) is 3.75. The molecule has 0 aromatic rings. The van der Waals surface area contributed by atoms with Gasteiger partial charge in [0, 0.05) is 31.6 Å². The number of alkyl halides is 2. The van der Waals surface area contributed by atoms with Gasteiger partial charge in [-0.25, -0.2) is 0 Å². The summed E-state index contributed by atoms with van der Waals surface area (Å²) in [5, 5.41) is 8.60. The van der Waals surface area contributed by atoms with Gasteiger partial charge in [-0.05, 0) is 38.0 Å². The summed E-state index contributed by atoms with van der Waals surface area (Å²) >= 11 is 0. The molecule has 0 radical (unpaired) electrons. The monoisotopic (exact) mass is 374 g/mol. The molecule has 1 fully saturated rings. The van der Waals surface area contributed by atoms with Gasteiger partial charge in [-0.3, -0.25) is 14.4 Å². The molecule has 1 aliphatic rings. The molecular formula is C20H32F2O4. The Morgan fingerprint density at radius 3 is 2.42 bits per heavy atom. The molecule has 0 aromatic heterocycles. The number of carbonyl (C=O) groups is 3. The highest BCUT2D eigenvalue weighted by molar-refractivity contribution is 5.86. The van der Waals surface area contributed by atoms with Crippen LogP contribution in [-0.2, 0) is 14.4 Å². The summed E-state index contributed by atoms with van der Waals surface area (Å²) in [5.41, 5.74) is 0. The third kappa shape index (κ3) is 7.92. The van der Waals surface area contributed by atoms with Gasteiger partial charge >= 0.3 is 11.9 Å². The van der Waals surface area contributed by atoms with Gasteiger partial charge in [0.15, 0.2) is 0 Å². The molecule has 0 saturated heterocycles. The summed E-state index contributed by atoms with van der Waals surface area (Å²) in [6, 6.07) is 0. The topological polar surface area (TPSA) is 71.4 Å². The lowest BCUT2D eigenvalue weighted by atomic mass is 9.85. The van der Waals surface area contributed by atoms with Gasteiger partial charge in [-0.2, -0.15) is 8.78 Å². The van der Waals surface area contributed by atoms with Crippen LogP contribution in [0.5, 0.6) is 0 Å². The maximum atomic E-state index is 13.8. The van der Waals surface area contributed by atoms with Gasteiger partial charge in [0.2, 0.25) is 5.78 Å². The van der Waals surface area contributed by atoms with Gasteiger partial charge in [0.1, 0.15) is 5.78 Å². The van der Waals surface area contributed by atoms with E-state index in [0.717, 1.165) is 25.7 Å². The first-order valence-corrected chi connectivity index (χ1v) is 9.93. The Bertz CT molecular complexity index is 476. The summed E-state index contributed by atoms with van der Waals surface area (Å²) in [4.78, 5) is 34.3. The van der Waals surface area contributed by atoms with Crippen molar-refractivity contribution in [1.29, 1.82) is 0 Å². The van der Waals surface area contributed by atoms with Crippen molar-refractivity contribution in [2.75, 3.05) is 0 Å². The van der Waals surface area contributed by atoms with Gasteiger partial charge in [-0.1, -0.05) is 32.6 Å². The van der Waals surface area contributed by atoms with E-state index in [0.29, 0.717) is 38.5 Å². The van der Waals surface area contributed by atoms with E-state index in [1.54, 1.807) is 0 Å². The number of ketones is 2. The van der Waals surface area contributed by atoms with Crippen molar-refractivity contribution in [3.8, 4) is 0 Å². The van der Waals surface area contributed by atoms with Crippen molar-refractivity contribution in [2.45, 2.75) is 96.3 Å². The second-order valence-electron chi connectivity index (χ2n) is 7.49. The second-order valence-corrected chi connectivity index (χ2v) is 7.49. The Kier molecular flexibility index (Phi) is 9.96. The van der Waals surface area contributed by atoms with Crippen LogP contribution in [0.15, 0.2) is 0 Å². The lowest BCUT2D eigenvalue weighted by Gasteiger charge is -2.20. The first kappa shape index (κ1) is 22.7. The van der Waals surface area contributed by atoms with Crippen molar-refractivity contribution in [2.24, 2.45) is 11.8 Å². The fraction of sp³-hybridized carbons (Fsp3) is 0.850. The molecule has 0 aromatic carbocycles. The molecule has 2 atom stereocenters. The van der Waals surface area contributed by atoms with E-state index in [4.69, 9.17) is 5.11 Å². The third-order valence-corrected chi connectivity index (χ3v) is 5.39. The molecule has 1 rings (SSSR count). The Hall–Kier alpha value is -1.33. The molecule has 150 valence electrons. The lowest BCUT2D eigenvalue weighted by Crippen LogP contribution is -2.29. The van der Waals surface area contributed by atoms with E-state index in [1.807, 2.05) is 6.92 Å². The standard InChI is InChI=1S/C20H32F2O4/c1-2-3-14-20(21,22)18(24)13-11-15-10-12-17(23)16(15)8-6-4-5-7-9-19(25)26/h15-16H,2-14H2,1H3,(H,25,26)/t15-,16-/m1/s1. The molecule has 1 saturated carbocycles. The van der Waals surface area contributed by atoms with E-state index in [1.165, 1.54) is 0 Å². The molecule has 0 heterocycles. The van der Waals surface area contributed by atoms with Crippen LogP contribution in [-0.4, -0.2) is 28.6 Å². The van der Waals surface area contributed by atoms with Crippen molar-refractivity contribution in [1.82, 2.24) is 0 Å². The van der Waals surface area contributed by atoms with Crippen LogP contribution in [0.2, 0.25) is 0 Å². The van der Waals surface area contributed by atoms with E-state index in [2.05, 4.69) is 0 Å². The van der Waals surface area contributed by atoms with Gasteiger partial charge in [0.25, 0.3) is 0 Å². The minimum absolute atomic E-state index is 0.0347. The summed E-state index contributed by atoms with van der Waals surface area (Å²) < 4.78 is 27.5. The third-order valence-electron chi connectivity index (χ3n) is 5.39. The van der Waals surface area contributed by atoms with Gasteiger partial charge in [-0.15, -0.1) is 0 Å². The molecule has 1 N–H and O–H groups in total. The summed E-state index contributed by atoms with van der Waals surface area (Å²) in [6.07, 6.45) is 6.04. The zero-order chi connectivity index (χ0) is 19.6. The number of carboxylic acids is 1. The number of rotatable bonds is 14. The number of carboxylic acid groups (broad SMARTS) is 1. The summed E-state index contributed by atoms with van der Waals surface area (Å²) in [7, 11) is 0. The SMILES string of the molecule is CCCCC(F)(F)C(=O)CC[C@H]1CCC(=O)[C@@H]1CCCCCCC(=O)O. The second kappa shape index (κ2) is 11.4. The first-order valence-electron chi connectivity index (χ1n) is 9.93. The molecule has 6 heteroatoms. The fourth-order valence-electron chi connectivity index (χ4n) is 3.75. The molecule has 4 nitrogen and oxygen atoms in total. The first-order chi connectivity index (χ1) is 12.3. The number of halogens is 2. The molecule has 0 unspecified atom stereocenters. The quantitative estimate of drug-likeness (QED) is 0.425. The van der Waals surface area contributed by atoms with Crippen LogP contribution < -0.4 is 0 Å². The van der Waals surface area contributed by atoms with Crippen LogP contribution in [0.3, 0.4) is 0 Å². The number of unbranched alkanes of at least 4 members (excludes halogenated alkanes) is 4. The molecule has 0 aliphatic heterocycles. The van der Waals surface area contributed by atoms with E-state index in [9.17, 15) is 23.2 Å². The Labute approximate surface area is 154 Å². The zero-order valence-corrected chi connectivity index (χ0v) is 15.8. The molecular weight excluding hydrogens is 342 g/mol. The predicted molar refractivity (Wildman–Crippen MR) is 95.3 cm³/mol. The summed E-state index contributed by atoms with van der Waals surface area (Å²) in [5.74, 6) is -4.92. The average Bonchev–Trinajstić information content (AvgIpc) is 2.93. The number of aliphatic carboxylic acids is 1. The minimum atomic E-state index is -3.24. The highest BCUT2D eigenvalue weighted by atomic mass is 19.3. The van der Waals surface area contributed by atoms with Crippen LogP contribution in [0.25, 0.3) is 0 Å². The Morgan fingerprint density at radius 2 is 1.77 bits per heavy atom. The number of carbonyl (C=O) groups excluding carboxylic acids is 2. The lowest BCUT2D eigenvalue weighted by molar-refractivity contribution is -0.144. The maximum absolute atomic E-state index is 13.8. The van der Waals surface area contributed by atoms with Crippen molar-refractivity contribution in [3.05, 3.63) is 0 Å². The van der Waals surface area contributed by atoms with E-state index in [-0.39, 0.29) is 36.9 Å². The highest BCUT2D eigenvalue weighted by Crippen LogP contribution is 2.37. The van der Waals surface area contributed by atoms with Crippen molar-refractivity contribution >= 4 is 17.5 Å². The van der Waals surface area contributed by atoms with Crippen LogP contribution in [0.1, 0.15) is 90.4 Å². The van der Waals surface area contributed by atoms with Crippen molar-refractivity contribution < 1.29 is 28.3 Å². The smallest absolute Gasteiger partial charge is 0.305 e. The molecule has 26 heavy (non-hydrogen) atoms. The van der Waals surface area contributed by atoms with E-state index < -0.39 is 17.7 Å². The molecule has 0 bridgehead atoms. The average molecular weight is 374 g/mol. The van der Waals surface area contributed by atoms with Gasteiger partial charge < -0.3 is 5.11 Å². The number of hydrogen-bond donors (Lipinski definition) is 1. The molecule has 0 spiro atoms. The Balaban J connectivity index is 2.35. The van der Waals surface area contributed by atoms with Crippen LogP contribution >= 0.6 is 0 Å². The summed E-state index contributed by atoms with van der Waals surface area (Å²) in [6.45, 7) is 1.82. The number of Topliss-reactive ketones (excluding diaryl/α,β-unsaturated/α-hetero) is 2. The van der Waals surface area contributed by atoms with Gasteiger partial charge in [0.05, 0.1) is 0 Å². The van der Waals surface area contributed by atoms with E-state index >= 15 is 0 Å². The van der Waals surface area contributed by atoms with Crippen LogP contribution in [0.4, 0.5) is 8.78 Å². The predicted octanol–water partition coefficient (Wildman–Crippen LogP) is 5.18. The maximum Gasteiger partial charge on any atom is 0.305 e.